The molecule has 19 heavy (non-hydrogen) atoms. The van der Waals surface area contributed by atoms with Crippen molar-refractivity contribution in [3.63, 3.8) is 0 Å². The Balaban J connectivity index is 2.25. The molecule has 0 radical (unpaired) electrons. The largest absolute Gasteiger partial charge is 0.478 e. The molecule has 0 amide bonds. The second-order valence-corrected chi connectivity index (χ2v) is 5.05. The Kier molecular flexibility index (Phi) is 2.56. The highest BCUT2D eigenvalue weighted by Gasteiger charge is 2.16. The molecule has 0 spiro atoms. The number of hydrogen-bond donors (Lipinski definition) is 2. The normalized spacial score (nSPS) is 11.1. The van der Waals surface area contributed by atoms with Crippen molar-refractivity contribution in [2.24, 2.45) is 0 Å². The third-order valence-corrected chi connectivity index (χ3v) is 3.42. The number of hydrogen-bond acceptors (Lipinski definition) is 4. The van der Waals surface area contributed by atoms with E-state index < -0.39 is 11.8 Å². The van der Waals surface area contributed by atoms with Crippen LogP contribution in [0.3, 0.4) is 0 Å². The molecule has 96 valence electrons. The summed E-state index contributed by atoms with van der Waals surface area (Å²) < 4.78 is 13.3. The standard InChI is InChI=1S/C12H8FN3O2S/c1-5-14-9(4-19-5)11-15-8-3-6(13)2-7(12(17)18)10(8)16-11/h2-4H,1H3,(H,15,16)(H,17,18). The lowest BCUT2D eigenvalue weighted by Crippen LogP contribution is -1.98. The molecule has 7 heteroatoms. The van der Waals surface area contributed by atoms with Gasteiger partial charge in [0.2, 0.25) is 0 Å². The zero-order chi connectivity index (χ0) is 13.6. The summed E-state index contributed by atoms with van der Waals surface area (Å²) in [5.41, 5.74) is 1.03. The van der Waals surface area contributed by atoms with Gasteiger partial charge in [0.1, 0.15) is 17.0 Å². The van der Waals surface area contributed by atoms with E-state index in [1.54, 1.807) is 0 Å². The Labute approximate surface area is 110 Å². The lowest BCUT2D eigenvalue weighted by atomic mass is 10.2. The van der Waals surface area contributed by atoms with Crippen LogP contribution in [0, 0.1) is 12.7 Å². The number of carboxylic acids is 1. The second kappa shape index (κ2) is 4.13. The summed E-state index contributed by atoms with van der Waals surface area (Å²) in [7, 11) is 0. The molecular formula is C12H8FN3O2S. The number of nitrogens with one attached hydrogen (secondary N) is 1. The van der Waals surface area contributed by atoms with Crippen molar-refractivity contribution in [1.82, 2.24) is 15.0 Å². The van der Waals surface area contributed by atoms with E-state index in [4.69, 9.17) is 5.11 Å². The number of aromatic nitrogens is 3. The third-order valence-electron chi connectivity index (χ3n) is 2.64. The van der Waals surface area contributed by atoms with Crippen LogP contribution in [0.25, 0.3) is 22.6 Å². The van der Waals surface area contributed by atoms with Gasteiger partial charge in [-0.25, -0.2) is 19.2 Å². The highest BCUT2D eigenvalue weighted by atomic mass is 32.1. The minimum absolute atomic E-state index is 0.163. The van der Waals surface area contributed by atoms with Gasteiger partial charge in [-0.05, 0) is 19.1 Å². The second-order valence-electron chi connectivity index (χ2n) is 3.99. The van der Waals surface area contributed by atoms with Crippen molar-refractivity contribution in [3.05, 3.63) is 33.9 Å². The van der Waals surface area contributed by atoms with Gasteiger partial charge in [0.15, 0.2) is 5.82 Å². The van der Waals surface area contributed by atoms with E-state index in [0.29, 0.717) is 17.0 Å². The predicted octanol–water partition coefficient (Wildman–Crippen LogP) is 2.83. The third kappa shape index (κ3) is 1.97. The highest BCUT2D eigenvalue weighted by Crippen LogP contribution is 2.25. The van der Waals surface area contributed by atoms with Crippen molar-refractivity contribution in [2.45, 2.75) is 6.92 Å². The first-order valence-electron chi connectivity index (χ1n) is 5.39. The monoisotopic (exact) mass is 277 g/mol. The van der Waals surface area contributed by atoms with Crippen LogP contribution in [0.4, 0.5) is 4.39 Å². The average Bonchev–Trinajstić information content (AvgIpc) is 2.93. The maximum atomic E-state index is 13.3. The summed E-state index contributed by atoms with van der Waals surface area (Å²) in [6, 6.07) is 2.18. The van der Waals surface area contributed by atoms with Crippen LogP contribution in [-0.2, 0) is 0 Å². The van der Waals surface area contributed by atoms with E-state index in [1.165, 1.54) is 17.4 Å². The fourth-order valence-corrected chi connectivity index (χ4v) is 2.44. The van der Waals surface area contributed by atoms with E-state index >= 15 is 0 Å². The zero-order valence-electron chi connectivity index (χ0n) is 9.77. The van der Waals surface area contributed by atoms with Crippen LogP contribution >= 0.6 is 11.3 Å². The minimum Gasteiger partial charge on any atom is -0.478 e. The summed E-state index contributed by atoms with van der Waals surface area (Å²) >= 11 is 1.46. The first kappa shape index (κ1) is 11.8. The number of carbonyl (C=O) groups is 1. The van der Waals surface area contributed by atoms with Gasteiger partial charge in [-0.3, -0.25) is 0 Å². The molecule has 0 aliphatic carbocycles. The van der Waals surface area contributed by atoms with Gasteiger partial charge in [-0.2, -0.15) is 0 Å². The fraction of sp³-hybridized carbons (Fsp3) is 0.0833. The van der Waals surface area contributed by atoms with Crippen molar-refractivity contribution in [2.75, 3.05) is 0 Å². The fourth-order valence-electron chi connectivity index (χ4n) is 1.84. The van der Waals surface area contributed by atoms with Gasteiger partial charge < -0.3 is 10.1 Å². The van der Waals surface area contributed by atoms with Gasteiger partial charge in [0.05, 0.1) is 16.1 Å². The maximum absolute atomic E-state index is 13.3. The zero-order valence-corrected chi connectivity index (χ0v) is 10.6. The van der Waals surface area contributed by atoms with Crippen molar-refractivity contribution in [3.8, 4) is 11.5 Å². The van der Waals surface area contributed by atoms with Gasteiger partial charge in [0.25, 0.3) is 0 Å². The Bertz CT molecular complexity index is 793. The molecule has 0 unspecified atom stereocenters. The summed E-state index contributed by atoms with van der Waals surface area (Å²) in [5.74, 6) is -1.39. The Morgan fingerprint density at radius 3 is 2.84 bits per heavy atom. The van der Waals surface area contributed by atoms with Crippen molar-refractivity contribution < 1.29 is 14.3 Å². The first-order valence-corrected chi connectivity index (χ1v) is 6.27. The van der Waals surface area contributed by atoms with Crippen LogP contribution in [0.1, 0.15) is 15.4 Å². The molecular weight excluding hydrogens is 269 g/mol. The minimum atomic E-state index is -1.21. The highest BCUT2D eigenvalue weighted by molar-refractivity contribution is 7.09. The molecule has 5 nitrogen and oxygen atoms in total. The number of rotatable bonds is 2. The van der Waals surface area contributed by atoms with Gasteiger partial charge in [-0.1, -0.05) is 0 Å². The van der Waals surface area contributed by atoms with Crippen LogP contribution in [0.5, 0.6) is 0 Å². The number of imidazole rings is 1. The predicted molar refractivity (Wildman–Crippen MR) is 68.9 cm³/mol. The van der Waals surface area contributed by atoms with Gasteiger partial charge in [-0.15, -0.1) is 11.3 Å². The van der Waals surface area contributed by atoms with E-state index in [1.807, 2.05) is 12.3 Å². The van der Waals surface area contributed by atoms with E-state index in [-0.39, 0.29) is 11.1 Å². The molecule has 2 heterocycles. The smallest absolute Gasteiger partial charge is 0.338 e. The number of thiazole rings is 1. The number of nitrogens with zero attached hydrogens (tertiary/aromatic N) is 2. The average molecular weight is 277 g/mol. The van der Waals surface area contributed by atoms with E-state index in [9.17, 15) is 9.18 Å². The number of benzene rings is 1. The number of aromatic amines is 1. The summed E-state index contributed by atoms with van der Waals surface area (Å²) in [5, 5.41) is 11.7. The molecule has 0 bridgehead atoms. The number of carboxylic acid groups (broad SMARTS) is 1. The van der Waals surface area contributed by atoms with E-state index in [0.717, 1.165) is 11.1 Å². The molecule has 3 rings (SSSR count). The number of aryl methyl sites for hydroxylation is 1. The van der Waals surface area contributed by atoms with Crippen molar-refractivity contribution >= 4 is 28.3 Å². The molecule has 0 aliphatic rings. The molecule has 2 N–H and O–H groups in total. The lowest BCUT2D eigenvalue weighted by Gasteiger charge is -1.95. The van der Waals surface area contributed by atoms with Gasteiger partial charge in [0, 0.05) is 5.38 Å². The lowest BCUT2D eigenvalue weighted by molar-refractivity contribution is 0.0698. The van der Waals surface area contributed by atoms with Gasteiger partial charge >= 0.3 is 5.97 Å². The van der Waals surface area contributed by atoms with Crippen molar-refractivity contribution in [1.29, 1.82) is 0 Å². The summed E-state index contributed by atoms with van der Waals surface area (Å²) in [6.07, 6.45) is 0. The molecule has 1 aromatic carbocycles. The SMILES string of the molecule is Cc1nc(-c2nc3c(C(=O)O)cc(F)cc3[nH]2)cs1. The van der Waals surface area contributed by atoms with Crippen LogP contribution < -0.4 is 0 Å². The molecule has 0 fully saturated rings. The molecule has 0 saturated heterocycles. The molecule has 0 atom stereocenters. The summed E-state index contributed by atoms with van der Waals surface area (Å²) in [6.45, 7) is 1.86. The Hall–Kier alpha value is -2.28. The van der Waals surface area contributed by atoms with Crippen LogP contribution in [0.15, 0.2) is 17.5 Å². The topological polar surface area (TPSA) is 78.9 Å². The number of H-pyrrole nitrogens is 1. The molecule has 0 saturated carbocycles. The number of halogens is 1. The quantitative estimate of drug-likeness (QED) is 0.755. The Morgan fingerprint density at radius 2 is 2.21 bits per heavy atom. The molecule has 0 aliphatic heterocycles. The molecule has 2 aromatic heterocycles. The van der Waals surface area contributed by atoms with Crippen LogP contribution in [0.2, 0.25) is 0 Å². The number of aromatic carboxylic acids is 1. The number of fused-ring (bicyclic) bond motifs is 1. The summed E-state index contributed by atoms with van der Waals surface area (Å²) in [4.78, 5) is 22.4. The maximum Gasteiger partial charge on any atom is 0.338 e. The first-order chi connectivity index (χ1) is 9.04. The van der Waals surface area contributed by atoms with E-state index in [2.05, 4.69) is 15.0 Å². The Morgan fingerprint density at radius 1 is 1.42 bits per heavy atom. The molecule has 3 aromatic rings. The van der Waals surface area contributed by atoms with Crippen LogP contribution in [-0.4, -0.2) is 26.0 Å².